The Labute approximate surface area is 99.4 Å². The number of hydrogen-bond acceptors (Lipinski definition) is 1. The third-order valence-electron chi connectivity index (χ3n) is 4.19. The number of nitrogens with one attached hydrogen (secondary N) is 1. The summed E-state index contributed by atoms with van der Waals surface area (Å²) in [5, 5.41) is 3.57. The van der Waals surface area contributed by atoms with Gasteiger partial charge in [-0.2, -0.15) is 0 Å². The van der Waals surface area contributed by atoms with Gasteiger partial charge in [0.05, 0.1) is 0 Å². The molecule has 0 unspecified atom stereocenters. The zero-order valence-electron chi connectivity index (χ0n) is 8.80. The van der Waals surface area contributed by atoms with Gasteiger partial charge in [0.25, 0.3) is 0 Å². The van der Waals surface area contributed by atoms with Crippen molar-refractivity contribution in [2.24, 2.45) is 5.41 Å². The fourth-order valence-corrected chi connectivity index (χ4v) is 3.39. The van der Waals surface area contributed by atoms with Crippen molar-refractivity contribution in [3.63, 3.8) is 0 Å². The summed E-state index contributed by atoms with van der Waals surface area (Å²) in [6.45, 7) is 2.40. The summed E-state index contributed by atoms with van der Waals surface area (Å²) in [6.07, 6.45) is 4.26. The van der Waals surface area contributed by atoms with Crippen LogP contribution in [0, 0.1) is 5.41 Å². The third kappa shape index (κ3) is 1.55. The lowest BCUT2D eigenvalue weighted by molar-refractivity contribution is 0.137. The number of benzene rings is 1. The summed E-state index contributed by atoms with van der Waals surface area (Å²) in [7, 11) is 0. The molecule has 1 spiro atoms. The molecule has 80 valence electrons. The second-order valence-electron chi connectivity index (χ2n) is 4.95. The molecule has 1 N–H and O–H groups in total. The van der Waals surface area contributed by atoms with Crippen LogP contribution in [0.25, 0.3) is 0 Å². The molecule has 2 heteroatoms. The SMILES string of the molecule is Brc1ccc([C@@H]2CNCC23CCC3)cc1. The highest BCUT2D eigenvalue weighted by molar-refractivity contribution is 9.10. The van der Waals surface area contributed by atoms with Gasteiger partial charge in [-0.1, -0.05) is 34.5 Å². The molecular weight excluding hydrogens is 250 g/mol. The van der Waals surface area contributed by atoms with E-state index in [1.54, 1.807) is 0 Å². The Bertz CT molecular complexity index is 353. The Morgan fingerprint density at radius 2 is 1.93 bits per heavy atom. The first-order chi connectivity index (χ1) is 7.30. The predicted octanol–water partition coefficient (Wildman–Crippen LogP) is 3.31. The molecule has 1 aliphatic heterocycles. The van der Waals surface area contributed by atoms with Gasteiger partial charge in [-0.3, -0.25) is 0 Å². The minimum Gasteiger partial charge on any atom is -0.316 e. The van der Waals surface area contributed by atoms with Crippen molar-refractivity contribution in [1.29, 1.82) is 0 Å². The Morgan fingerprint density at radius 1 is 1.20 bits per heavy atom. The van der Waals surface area contributed by atoms with Crippen LogP contribution in [-0.2, 0) is 0 Å². The molecule has 0 aromatic heterocycles. The van der Waals surface area contributed by atoms with Gasteiger partial charge in [0, 0.05) is 23.5 Å². The van der Waals surface area contributed by atoms with Crippen LogP contribution in [0.2, 0.25) is 0 Å². The van der Waals surface area contributed by atoms with Crippen LogP contribution in [-0.4, -0.2) is 13.1 Å². The summed E-state index contributed by atoms with van der Waals surface area (Å²) in [5.74, 6) is 0.749. The van der Waals surface area contributed by atoms with Crippen molar-refractivity contribution >= 4 is 15.9 Å². The van der Waals surface area contributed by atoms with Gasteiger partial charge < -0.3 is 5.32 Å². The van der Waals surface area contributed by atoms with Crippen molar-refractivity contribution in [2.45, 2.75) is 25.2 Å². The van der Waals surface area contributed by atoms with Gasteiger partial charge in [0.1, 0.15) is 0 Å². The molecule has 0 radical (unpaired) electrons. The van der Waals surface area contributed by atoms with Gasteiger partial charge in [0.2, 0.25) is 0 Å². The summed E-state index contributed by atoms with van der Waals surface area (Å²) in [6, 6.07) is 8.89. The maximum Gasteiger partial charge on any atom is 0.0175 e. The zero-order chi connectivity index (χ0) is 10.3. The molecule has 2 aliphatic rings. The quantitative estimate of drug-likeness (QED) is 0.822. The van der Waals surface area contributed by atoms with Crippen molar-refractivity contribution in [3.05, 3.63) is 34.3 Å². The first-order valence-electron chi connectivity index (χ1n) is 5.76. The van der Waals surface area contributed by atoms with Crippen molar-refractivity contribution in [1.82, 2.24) is 5.32 Å². The van der Waals surface area contributed by atoms with E-state index in [0.29, 0.717) is 5.41 Å². The minimum absolute atomic E-state index is 0.605. The minimum atomic E-state index is 0.605. The zero-order valence-corrected chi connectivity index (χ0v) is 10.4. The maximum absolute atomic E-state index is 3.57. The van der Waals surface area contributed by atoms with E-state index in [1.165, 1.54) is 42.4 Å². The molecule has 1 atom stereocenters. The van der Waals surface area contributed by atoms with Gasteiger partial charge in [-0.15, -0.1) is 0 Å². The fourth-order valence-electron chi connectivity index (χ4n) is 3.13. The van der Waals surface area contributed by atoms with Crippen LogP contribution < -0.4 is 5.32 Å². The van der Waals surface area contributed by atoms with Crippen LogP contribution in [0.3, 0.4) is 0 Å². The first-order valence-corrected chi connectivity index (χ1v) is 6.56. The monoisotopic (exact) mass is 265 g/mol. The molecule has 1 nitrogen and oxygen atoms in total. The van der Waals surface area contributed by atoms with Gasteiger partial charge in [-0.05, 0) is 36.0 Å². The smallest absolute Gasteiger partial charge is 0.0175 e. The molecule has 1 aromatic carbocycles. The lowest BCUT2D eigenvalue weighted by Gasteiger charge is -2.43. The highest BCUT2D eigenvalue weighted by Crippen LogP contribution is 2.53. The number of halogens is 1. The third-order valence-corrected chi connectivity index (χ3v) is 4.72. The topological polar surface area (TPSA) is 12.0 Å². The molecule has 3 rings (SSSR count). The molecule has 1 saturated carbocycles. The number of rotatable bonds is 1. The van der Waals surface area contributed by atoms with Crippen molar-refractivity contribution < 1.29 is 0 Å². The molecule has 1 aliphatic carbocycles. The Hall–Kier alpha value is -0.340. The highest BCUT2D eigenvalue weighted by atomic mass is 79.9. The van der Waals surface area contributed by atoms with Crippen LogP contribution >= 0.6 is 15.9 Å². The molecule has 1 heterocycles. The summed E-state index contributed by atoms with van der Waals surface area (Å²) >= 11 is 3.50. The van der Waals surface area contributed by atoms with Gasteiger partial charge in [-0.25, -0.2) is 0 Å². The lowest BCUT2D eigenvalue weighted by atomic mass is 9.61. The van der Waals surface area contributed by atoms with Crippen molar-refractivity contribution in [3.8, 4) is 0 Å². The van der Waals surface area contributed by atoms with E-state index in [4.69, 9.17) is 0 Å². The van der Waals surface area contributed by atoms with E-state index < -0.39 is 0 Å². The average molecular weight is 266 g/mol. The van der Waals surface area contributed by atoms with E-state index in [9.17, 15) is 0 Å². The van der Waals surface area contributed by atoms with Gasteiger partial charge in [0.15, 0.2) is 0 Å². The average Bonchev–Trinajstić information content (AvgIpc) is 2.62. The second-order valence-corrected chi connectivity index (χ2v) is 5.87. The lowest BCUT2D eigenvalue weighted by Crippen LogP contribution is -2.35. The normalized spacial score (nSPS) is 27.9. The van der Waals surface area contributed by atoms with Crippen LogP contribution in [0.15, 0.2) is 28.7 Å². The predicted molar refractivity (Wildman–Crippen MR) is 66.0 cm³/mol. The highest BCUT2D eigenvalue weighted by Gasteiger charge is 2.47. The molecular formula is C13H16BrN. The molecule has 1 saturated heterocycles. The largest absolute Gasteiger partial charge is 0.316 e. The summed E-state index contributed by atoms with van der Waals surface area (Å²) < 4.78 is 1.18. The van der Waals surface area contributed by atoms with Gasteiger partial charge >= 0.3 is 0 Å². The second kappa shape index (κ2) is 3.60. The molecule has 2 fully saturated rings. The Kier molecular flexibility index (Phi) is 2.37. The van der Waals surface area contributed by atoms with E-state index in [1.807, 2.05) is 0 Å². The van der Waals surface area contributed by atoms with Crippen LogP contribution in [0.1, 0.15) is 30.7 Å². The summed E-state index contributed by atoms with van der Waals surface area (Å²) in [4.78, 5) is 0. The van der Waals surface area contributed by atoms with E-state index in [-0.39, 0.29) is 0 Å². The standard InChI is InChI=1S/C13H16BrN/c14-11-4-2-10(3-5-11)12-8-15-9-13(12)6-1-7-13/h2-5,12,15H,1,6-9H2/t12-/m0/s1. The van der Waals surface area contributed by atoms with E-state index >= 15 is 0 Å². The molecule has 1 aromatic rings. The van der Waals surface area contributed by atoms with E-state index in [0.717, 1.165) is 5.92 Å². The fraction of sp³-hybridized carbons (Fsp3) is 0.538. The molecule has 15 heavy (non-hydrogen) atoms. The molecule has 0 amide bonds. The van der Waals surface area contributed by atoms with Crippen LogP contribution in [0.5, 0.6) is 0 Å². The van der Waals surface area contributed by atoms with Crippen LogP contribution in [0.4, 0.5) is 0 Å². The first kappa shape index (κ1) is 9.86. The Balaban J connectivity index is 1.90. The van der Waals surface area contributed by atoms with Crippen molar-refractivity contribution in [2.75, 3.05) is 13.1 Å². The maximum atomic E-state index is 3.57. The van der Waals surface area contributed by atoms with E-state index in [2.05, 4.69) is 45.5 Å². The Morgan fingerprint density at radius 3 is 2.53 bits per heavy atom. The molecule has 0 bridgehead atoms. The number of hydrogen-bond donors (Lipinski definition) is 1. The summed E-state index contributed by atoms with van der Waals surface area (Å²) in [5.41, 5.74) is 2.12.